The fourth-order valence-corrected chi connectivity index (χ4v) is 1.06. The third kappa shape index (κ3) is 1.03. The van der Waals surface area contributed by atoms with Crippen molar-refractivity contribution < 1.29 is 0 Å². The van der Waals surface area contributed by atoms with Gasteiger partial charge in [0.2, 0.25) is 0 Å². The second-order valence-corrected chi connectivity index (χ2v) is 2.43. The molecule has 0 unspecified atom stereocenters. The van der Waals surface area contributed by atoms with Crippen LogP contribution >= 0.6 is 0 Å². The maximum absolute atomic E-state index is 4.08. The second kappa shape index (κ2) is 2.23. The smallest absolute Gasteiger partial charge is 0.0579 e. The van der Waals surface area contributed by atoms with Gasteiger partial charge in [0, 0.05) is 23.3 Å². The van der Waals surface area contributed by atoms with Crippen molar-refractivity contribution in [3.63, 3.8) is 0 Å². The fraction of sp³-hybridized carbons (Fsp3) is 0. The largest absolute Gasteiger partial charge is 0.361 e. The number of hydrogen-bond acceptors (Lipinski definition) is 2. The zero-order valence-corrected chi connectivity index (χ0v) is 6.04. The van der Waals surface area contributed by atoms with Gasteiger partial charge in [-0.1, -0.05) is 6.58 Å². The standard InChI is InChI=1S/C9H8N2/c1-7-5-9-8(6-11-7)3-2-4-10-9/h2-6,10H,1H2. The van der Waals surface area contributed by atoms with Crippen molar-refractivity contribution in [2.24, 2.45) is 0 Å². The molecule has 2 nitrogen and oxygen atoms in total. The van der Waals surface area contributed by atoms with Gasteiger partial charge in [-0.2, -0.15) is 0 Å². The summed E-state index contributed by atoms with van der Waals surface area (Å²) < 4.78 is 0. The van der Waals surface area contributed by atoms with E-state index >= 15 is 0 Å². The summed E-state index contributed by atoms with van der Waals surface area (Å²) in [7, 11) is 0. The summed E-state index contributed by atoms with van der Waals surface area (Å²) >= 11 is 0. The molecule has 0 aromatic carbocycles. The molecular weight excluding hydrogens is 136 g/mol. The zero-order chi connectivity index (χ0) is 7.68. The summed E-state index contributed by atoms with van der Waals surface area (Å²) in [6.07, 6.45) is 7.67. The van der Waals surface area contributed by atoms with Crippen LogP contribution in [0.5, 0.6) is 0 Å². The van der Waals surface area contributed by atoms with E-state index in [0.717, 1.165) is 16.3 Å². The summed E-state index contributed by atoms with van der Waals surface area (Å²) in [6, 6.07) is 1.93. The van der Waals surface area contributed by atoms with Crippen LogP contribution in [0, 0.1) is 0 Å². The van der Waals surface area contributed by atoms with E-state index in [1.807, 2.05) is 30.6 Å². The number of rotatable bonds is 0. The molecule has 0 aliphatic carbocycles. The lowest BCUT2D eigenvalue weighted by molar-refractivity contribution is 1.23. The van der Waals surface area contributed by atoms with Crippen molar-refractivity contribution in [1.29, 1.82) is 0 Å². The van der Waals surface area contributed by atoms with Crippen LogP contribution in [0.25, 0.3) is 12.7 Å². The number of anilines is 1. The summed E-state index contributed by atoms with van der Waals surface area (Å²) in [5.41, 5.74) is 1.08. The van der Waals surface area contributed by atoms with Gasteiger partial charge in [-0.25, -0.2) is 0 Å². The third-order valence-corrected chi connectivity index (χ3v) is 1.60. The number of hydrogen-bond donors (Lipinski definition) is 1. The van der Waals surface area contributed by atoms with Gasteiger partial charge in [0.1, 0.15) is 0 Å². The van der Waals surface area contributed by atoms with E-state index in [4.69, 9.17) is 0 Å². The van der Waals surface area contributed by atoms with E-state index in [9.17, 15) is 0 Å². The molecule has 0 saturated heterocycles. The quantitative estimate of drug-likeness (QED) is 0.563. The Hall–Kier alpha value is -1.57. The highest BCUT2D eigenvalue weighted by molar-refractivity contribution is 5.57. The zero-order valence-electron chi connectivity index (χ0n) is 6.04. The Kier molecular flexibility index (Phi) is 1.25. The highest BCUT2D eigenvalue weighted by Gasteiger charge is 1.94. The molecule has 2 heterocycles. The lowest BCUT2D eigenvalue weighted by Gasteiger charge is -2.04. The minimum Gasteiger partial charge on any atom is -0.361 e. The van der Waals surface area contributed by atoms with Gasteiger partial charge in [-0.15, -0.1) is 0 Å². The van der Waals surface area contributed by atoms with Gasteiger partial charge in [-0.3, -0.25) is 4.98 Å². The molecule has 0 bridgehead atoms. The lowest BCUT2D eigenvalue weighted by Crippen LogP contribution is -2.17. The topological polar surface area (TPSA) is 24.9 Å². The predicted octanol–water partition coefficient (Wildman–Crippen LogP) is 0.212. The van der Waals surface area contributed by atoms with Crippen LogP contribution in [-0.2, 0) is 0 Å². The monoisotopic (exact) mass is 144 g/mol. The average Bonchev–Trinajstić information content (AvgIpc) is 2.04. The SMILES string of the molecule is C=c1cc2c(cn1)=CC=CN2. The van der Waals surface area contributed by atoms with E-state index in [1.165, 1.54) is 0 Å². The molecule has 1 aromatic heterocycles. The number of allylic oxidation sites excluding steroid dienone is 1. The molecule has 1 aromatic rings. The number of nitrogens with one attached hydrogen (secondary N) is 1. The Morgan fingerprint density at radius 1 is 1.45 bits per heavy atom. The van der Waals surface area contributed by atoms with Crippen molar-refractivity contribution >= 4 is 18.3 Å². The lowest BCUT2D eigenvalue weighted by atomic mass is 10.2. The number of nitrogens with zero attached hydrogens (tertiary/aromatic N) is 1. The van der Waals surface area contributed by atoms with Crippen molar-refractivity contribution in [2.45, 2.75) is 0 Å². The first-order valence-electron chi connectivity index (χ1n) is 3.45. The highest BCUT2D eigenvalue weighted by atomic mass is 14.9. The van der Waals surface area contributed by atoms with Crippen LogP contribution in [0.1, 0.15) is 0 Å². The van der Waals surface area contributed by atoms with Crippen LogP contribution < -0.4 is 15.9 Å². The normalized spacial score (nSPS) is 13.1. The molecular formula is C9H8N2. The molecule has 1 N–H and O–H groups in total. The predicted molar refractivity (Wildman–Crippen MR) is 46.2 cm³/mol. The van der Waals surface area contributed by atoms with Gasteiger partial charge in [0.25, 0.3) is 0 Å². The average molecular weight is 144 g/mol. The van der Waals surface area contributed by atoms with Gasteiger partial charge in [0.15, 0.2) is 0 Å². The van der Waals surface area contributed by atoms with Crippen molar-refractivity contribution in [2.75, 3.05) is 5.32 Å². The van der Waals surface area contributed by atoms with Crippen LogP contribution in [0.4, 0.5) is 5.69 Å². The van der Waals surface area contributed by atoms with Crippen molar-refractivity contribution in [3.8, 4) is 0 Å². The Labute approximate surface area is 64.6 Å². The summed E-state index contributed by atoms with van der Waals surface area (Å²) in [6.45, 7) is 3.74. The van der Waals surface area contributed by atoms with Gasteiger partial charge >= 0.3 is 0 Å². The molecule has 1 aliphatic heterocycles. The molecule has 0 radical (unpaired) electrons. The fourth-order valence-electron chi connectivity index (χ4n) is 1.06. The Morgan fingerprint density at radius 3 is 3.27 bits per heavy atom. The first-order chi connectivity index (χ1) is 5.36. The number of aromatic nitrogens is 1. The molecule has 0 saturated carbocycles. The van der Waals surface area contributed by atoms with Crippen LogP contribution in [0.2, 0.25) is 0 Å². The Morgan fingerprint density at radius 2 is 2.36 bits per heavy atom. The summed E-state index contributed by atoms with van der Waals surface area (Å²) in [5.74, 6) is 0. The molecule has 1 aliphatic rings. The van der Waals surface area contributed by atoms with E-state index < -0.39 is 0 Å². The van der Waals surface area contributed by atoms with Crippen LogP contribution in [0.3, 0.4) is 0 Å². The van der Waals surface area contributed by atoms with Crippen LogP contribution in [0.15, 0.2) is 24.5 Å². The highest BCUT2D eigenvalue weighted by Crippen LogP contribution is 1.97. The van der Waals surface area contributed by atoms with Crippen LogP contribution in [-0.4, -0.2) is 4.98 Å². The maximum Gasteiger partial charge on any atom is 0.0579 e. The molecule has 54 valence electrons. The third-order valence-electron chi connectivity index (χ3n) is 1.60. The first kappa shape index (κ1) is 6.16. The molecule has 2 rings (SSSR count). The van der Waals surface area contributed by atoms with E-state index in [2.05, 4.69) is 16.9 Å². The Balaban J connectivity index is 2.77. The maximum atomic E-state index is 4.08. The summed E-state index contributed by atoms with van der Waals surface area (Å²) in [4.78, 5) is 4.08. The van der Waals surface area contributed by atoms with Crippen molar-refractivity contribution in [1.82, 2.24) is 4.98 Å². The van der Waals surface area contributed by atoms with Crippen molar-refractivity contribution in [3.05, 3.63) is 35.1 Å². The van der Waals surface area contributed by atoms with Gasteiger partial charge in [-0.05, 0) is 18.2 Å². The van der Waals surface area contributed by atoms with E-state index in [0.29, 0.717) is 0 Å². The molecule has 2 heteroatoms. The minimum atomic E-state index is 0.792. The second-order valence-electron chi connectivity index (χ2n) is 2.43. The van der Waals surface area contributed by atoms with Gasteiger partial charge < -0.3 is 5.32 Å². The van der Waals surface area contributed by atoms with Gasteiger partial charge in [0.05, 0.1) is 5.35 Å². The molecule has 11 heavy (non-hydrogen) atoms. The number of pyridine rings is 1. The molecule has 0 amide bonds. The number of fused-ring (bicyclic) bond motifs is 1. The molecule has 0 spiro atoms. The first-order valence-corrected chi connectivity index (χ1v) is 3.45. The Bertz CT molecular complexity index is 404. The molecule has 0 fully saturated rings. The molecule has 0 atom stereocenters. The summed E-state index contributed by atoms with van der Waals surface area (Å²) in [5, 5.41) is 5.01. The van der Waals surface area contributed by atoms with E-state index in [-0.39, 0.29) is 0 Å². The minimum absolute atomic E-state index is 0.792. The van der Waals surface area contributed by atoms with E-state index in [1.54, 1.807) is 0 Å².